The largest absolute Gasteiger partial charge is 0.471 e. The molecule has 0 atom stereocenters. The summed E-state index contributed by atoms with van der Waals surface area (Å²) in [6, 6.07) is 3.11. The van der Waals surface area contributed by atoms with E-state index < -0.39 is 18.4 Å². The van der Waals surface area contributed by atoms with Gasteiger partial charge in [0.2, 0.25) is 5.88 Å². The Balaban J connectivity index is 2.96. The number of ether oxygens (including phenoxy) is 1. The van der Waals surface area contributed by atoms with Gasteiger partial charge >= 0.3 is 0 Å². The number of pyridine rings is 1. The highest BCUT2D eigenvalue weighted by atomic mass is 19.3. The molecule has 1 rings (SSSR count). The van der Waals surface area contributed by atoms with Gasteiger partial charge in [-0.2, -0.15) is 0 Å². The van der Waals surface area contributed by atoms with E-state index in [0.29, 0.717) is 0 Å². The Morgan fingerprint density at radius 3 is 2.65 bits per heavy atom. The minimum absolute atomic E-state index is 0.0345. The van der Waals surface area contributed by atoms with E-state index in [9.17, 15) is 13.6 Å². The highest BCUT2D eigenvalue weighted by Gasteiger charge is 2.26. The van der Waals surface area contributed by atoms with Gasteiger partial charge in [0.25, 0.3) is 6.43 Å². The molecule has 3 nitrogen and oxygen atoms in total. The molecule has 0 saturated carbocycles. The summed E-state index contributed by atoms with van der Waals surface area (Å²) in [7, 11) is 0. The maximum atomic E-state index is 12.0. The molecule has 0 saturated heterocycles. The summed E-state index contributed by atoms with van der Waals surface area (Å²) < 4.78 is 28.9. The minimum Gasteiger partial charge on any atom is -0.471 e. The molecule has 0 unspecified atom stereocenters. The van der Waals surface area contributed by atoms with Gasteiger partial charge in [-0.1, -0.05) is 20.8 Å². The molecule has 0 aliphatic heterocycles. The summed E-state index contributed by atoms with van der Waals surface area (Å²) in [5.74, 6) is -0.220. The lowest BCUT2D eigenvalue weighted by atomic mass is 9.87. The predicted molar refractivity (Wildman–Crippen MR) is 59.5 cm³/mol. The Kier molecular flexibility index (Phi) is 4.15. The van der Waals surface area contributed by atoms with Crippen molar-refractivity contribution in [2.24, 2.45) is 5.41 Å². The molecule has 0 fully saturated rings. The molecule has 0 radical (unpaired) electrons. The first kappa shape index (κ1) is 13.5. The van der Waals surface area contributed by atoms with Crippen LogP contribution < -0.4 is 4.74 Å². The van der Waals surface area contributed by atoms with Crippen LogP contribution in [0.2, 0.25) is 0 Å². The highest BCUT2D eigenvalue weighted by Crippen LogP contribution is 2.25. The average molecular weight is 243 g/mol. The van der Waals surface area contributed by atoms with E-state index in [1.54, 1.807) is 26.8 Å². The van der Waals surface area contributed by atoms with E-state index in [1.165, 1.54) is 12.3 Å². The summed E-state index contributed by atoms with van der Waals surface area (Å²) in [5, 5.41) is 0. The van der Waals surface area contributed by atoms with Gasteiger partial charge < -0.3 is 4.74 Å². The Morgan fingerprint density at radius 2 is 2.12 bits per heavy atom. The van der Waals surface area contributed by atoms with Crippen LogP contribution in [0.25, 0.3) is 0 Å². The summed E-state index contributed by atoms with van der Waals surface area (Å²) in [5.41, 5.74) is -0.368. The van der Waals surface area contributed by atoms with Crippen molar-refractivity contribution in [1.29, 1.82) is 0 Å². The highest BCUT2D eigenvalue weighted by molar-refractivity contribution is 6.01. The first-order valence-electron chi connectivity index (χ1n) is 5.23. The fourth-order valence-corrected chi connectivity index (χ4v) is 1.22. The van der Waals surface area contributed by atoms with Crippen molar-refractivity contribution in [3.05, 3.63) is 23.9 Å². The lowest BCUT2D eigenvalue weighted by Gasteiger charge is -2.18. The number of hydrogen-bond donors (Lipinski definition) is 0. The quantitative estimate of drug-likeness (QED) is 0.763. The normalized spacial score (nSPS) is 11.6. The van der Waals surface area contributed by atoms with Gasteiger partial charge in [0.05, 0.1) is 5.56 Å². The van der Waals surface area contributed by atoms with E-state index >= 15 is 0 Å². The van der Waals surface area contributed by atoms with Gasteiger partial charge in [-0.15, -0.1) is 0 Å². The lowest BCUT2D eigenvalue weighted by molar-refractivity contribution is 0.0753. The van der Waals surface area contributed by atoms with Crippen LogP contribution in [0.15, 0.2) is 18.3 Å². The van der Waals surface area contributed by atoms with Gasteiger partial charge in [0.15, 0.2) is 12.4 Å². The van der Waals surface area contributed by atoms with Crippen molar-refractivity contribution < 1.29 is 18.3 Å². The fourth-order valence-electron chi connectivity index (χ4n) is 1.22. The SMILES string of the molecule is CC(C)(C)C(=O)c1cccnc1OCC(F)F. The second-order valence-corrected chi connectivity index (χ2v) is 4.64. The van der Waals surface area contributed by atoms with Crippen LogP contribution in [0.1, 0.15) is 31.1 Å². The number of ketones is 1. The molecule has 94 valence electrons. The third kappa shape index (κ3) is 3.76. The first-order valence-corrected chi connectivity index (χ1v) is 5.23. The van der Waals surface area contributed by atoms with Crippen LogP contribution in [0.3, 0.4) is 0 Å². The Morgan fingerprint density at radius 1 is 1.47 bits per heavy atom. The average Bonchev–Trinajstić information content (AvgIpc) is 2.24. The number of Topliss-reactive ketones (excluding diaryl/α,β-unsaturated/α-hetero) is 1. The van der Waals surface area contributed by atoms with Crippen LogP contribution in [0, 0.1) is 5.41 Å². The Bertz CT molecular complexity index is 400. The van der Waals surface area contributed by atoms with Gasteiger partial charge in [0, 0.05) is 11.6 Å². The van der Waals surface area contributed by atoms with E-state index in [-0.39, 0.29) is 17.2 Å². The fraction of sp³-hybridized carbons (Fsp3) is 0.500. The number of hydrogen-bond acceptors (Lipinski definition) is 3. The summed E-state index contributed by atoms with van der Waals surface area (Å²) in [4.78, 5) is 15.8. The van der Waals surface area contributed by atoms with E-state index in [2.05, 4.69) is 4.98 Å². The molecule has 0 aliphatic rings. The van der Waals surface area contributed by atoms with Crippen molar-refractivity contribution in [2.45, 2.75) is 27.2 Å². The smallest absolute Gasteiger partial charge is 0.272 e. The molecule has 17 heavy (non-hydrogen) atoms. The summed E-state index contributed by atoms with van der Waals surface area (Å²) in [6.07, 6.45) is -1.19. The van der Waals surface area contributed by atoms with E-state index in [1.807, 2.05) is 0 Å². The zero-order valence-electron chi connectivity index (χ0n) is 10.0. The zero-order chi connectivity index (χ0) is 13.1. The van der Waals surface area contributed by atoms with Gasteiger partial charge in [0.1, 0.15) is 0 Å². The molecule has 5 heteroatoms. The molecule has 1 heterocycles. The molecule has 0 aromatic carbocycles. The third-order valence-electron chi connectivity index (χ3n) is 2.04. The molecule has 1 aromatic rings. The number of carbonyl (C=O) groups excluding carboxylic acids is 1. The predicted octanol–water partition coefficient (Wildman–Crippen LogP) is 2.95. The second-order valence-electron chi connectivity index (χ2n) is 4.64. The number of alkyl halides is 2. The van der Waals surface area contributed by atoms with Gasteiger partial charge in [-0.25, -0.2) is 13.8 Å². The molecule has 0 bridgehead atoms. The molecule has 0 amide bonds. The molecule has 0 N–H and O–H groups in total. The Labute approximate surface area is 98.8 Å². The van der Waals surface area contributed by atoms with E-state index in [4.69, 9.17) is 4.74 Å². The zero-order valence-corrected chi connectivity index (χ0v) is 10.0. The Hall–Kier alpha value is -1.52. The number of halogens is 2. The van der Waals surface area contributed by atoms with Crippen LogP contribution in [0.4, 0.5) is 8.78 Å². The minimum atomic E-state index is -2.59. The molecule has 0 spiro atoms. The standard InChI is InChI=1S/C12H15F2NO2/c1-12(2,3)10(16)8-5-4-6-15-11(8)17-7-9(13)14/h4-6,9H,7H2,1-3H3. The number of rotatable bonds is 4. The maximum absolute atomic E-state index is 12.0. The topological polar surface area (TPSA) is 39.2 Å². The van der Waals surface area contributed by atoms with Crippen molar-refractivity contribution in [2.75, 3.05) is 6.61 Å². The molecular formula is C12H15F2NO2. The molecule has 1 aromatic heterocycles. The second kappa shape index (κ2) is 5.21. The van der Waals surface area contributed by atoms with Crippen LogP contribution >= 0.6 is 0 Å². The van der Waals surface area contributed by atoms with Gasteiger partial charge in [-0.3, -0.25) is 4.79 Å². The van der Waals surface area contributed by atoms with Crippen molar-refractivity contribution in [3.63, 3.8) is 0 Å². The van der Waals surface area contributed by atoms with E-state index in [0.717, 1.165) is 0 Å². The van der Waals surface area contributed by atoms with Crippen LogP contribution in [0.5, 0.6) is 5.88 Å². The summed E-state index contributed by atoms with van der Waals surface area (Å²) in [6.45, 7) is 4.49. The van der Waals surface area contributed by atoms with Gasteiger partial charge in [-0.05, 0) is 12.1 Å². The molecular weight excluding hydrogens is 228 g/mol. The van der Waals surface area contributed by atoms with Crippen LogP contribution in [-0.2, 0) is 0 Å². The van der Waals surface area contributed by atoms with Crippen molar-refractivity contribution in [3.8, 4) is 5.88 Å². The number of aromatic nitrogens is 1. The monoisotopic (exact) mass is 243 g/mol. The first-order chi connectivity index (χ1) is 7.82. The maximum Gasteiger partial charge on any atom is 0.272 e. The van der Waals surface area contributed by atoms with Crippen molar-refractivity contribution >= 4 is 5.78 Å². The van der Waals surface area contributed by atoms with Crippen molar-refractivity contribution in [1.82, 2.24) is 4.98 Å². The summed E-state index contributed by atoms with van der Waals surface area (Å²) >= 11 is 0. The molecule has 0 aliphatic carbocycles. The number of carbonyl (C=O) groups is 1. The number of nitrogens with zero attached hydrogens (tertiary/aromatic N) is 1. The third-order valence-corrected chi connectivity index (χ3v) is 2.04. The van der Waals surface area contributed by atoms with Crippen LogP contribution in [-0.4, -0.2) is 23.8 Å². The lowest BCUT2D eigenvalue weighted by Crippen LogP contribution is -2.22.